The van der Waals surface area contributed by atoms with Crippen molar-refractivity contribution in [3.8, 4) is 0 Å². The Morgan fingerprint density at radius 1 is 0.403 bits per heavy atom. The second kappa shape index (κ2) is 53.4. The summed E-state index contributed by atoms with van der Waals surface area (Å²) < 4.78 is 0. The van der Waals surface area contributed by atoms with E-state index in [1.807, 2.05) is 6.08 Å². The summed E-state index contributed by atoms with van der Waals surface area (Å²) in [7, 11) is 0. The van der Waals surface area contributed by atoms with Gasteiger partial charge in [0.2, 0.25) is 5.91 Å². The molecule has 0 aromatic rings. The average molecular weight is 866 g/mol. The second-order valence-corrected chi connectivity index (χ2v) is 18.6. The number of allylic oxidation sites excluding steroid dienone is 9. The summed E-state index contributed by atoms with van der Waals surface area (Å²) in [5.41, 5.74) is 0. The smallest absolute Gasteiger partial charge is 0.220 e. The first-order chi connectivity index (χ1) is 30.7. The number of hydrogen-bond acceptors (Lipinski definition) is 3. The van der Waals surface area contributed by atoms with Gasteiger partial charge in [0.25, 0.3) is 0 Å². The maximum Gasteiger partial charge on any atom is 0.220 e. The van der Waals surface area contributed by atoms with Crippen molar-refractivity contribution in [1.29, 1.82) is 0 Å². The van der Waals surface area contributed by atoms with Gasteiger partial charge in [-0.15, -0.1) is 0 Å². The molecule has 0 saturated heterocycles. The number of nitrogens with one attached hydrogen (secondary N) is 1. The van der Waals surface area contributed by atoms with Crippen LogP contribution in [0.4, 0.5) is 0 Å². The zero-order chi connectivity index (χ0) is 44.9. The van der Waals surface area contributed by atoms with Crippen molar-refractivity contribution in [1.82, 2.24) is 5.32 Å². The highest BCUT2D eigenvalue weighted by atomic mass is 16.3. The Kier molecular flexibility index (Phi) is 51.8. The van der Waals surface area contributed by atoms with Crippen molar-refractivity contribution in [2.45, 2.75) is 296 Å². The summed E-state index contributed by atoms with van der Waals surface area (Å²) in [5.74, 6) is -0.0620. The Hall–Kier alpha value is -1.91. The van der Waals surface area contributed by atoms with E-state index in [0.717, 1.165) is 51.4 Å². The molecule has 4 nitrogen and oxygen atoms in total. The van der Waals surface area contributed by atoms with Crippen LogP contribution in [0.2, 0.25) is 0 Å². The SMILES string of the molecule is CC/C=C\C/C=C\C/C=C\C/C=C\CCCCCCCCCCCCCCCCCCC(=O)NC(CO)C(O)/C=C/CCCCCCCCCCCCCCCCCCCCC. The van der Waals surface area contributed by atoms with Gasteiger partial charge in [0.1, 0.15) is 0 Å². The quantitative estimate of drug-likeness (QED) is 0.0421. The lowest BCUT2D eigenvalue weighted by Crippen LogP contribution is -2.45. The van der Waals surface area contributed by atoms with Gasteiger partial charge in [-0.3, -0.25) is 4.79 Å². The van der Waals surface area contributed by atoms with E-state index in [1.54, 1.807) is 6.08 Å². The van der Waals surface area contributed by atoms with Gasteiger partial charge in [-0.2, -0.15) is 0 Å². The van der Waals surface area contributed by atoms with Crippen LogP contribution in [0.3, 0.4) is 0 Å². The number of aliphatic hydroxyl groups is 2. The fraction of sp³-hybridized carbons (Fsp3) is 0.810. The van der Waals surface area contributed by atoms with Crippen LogP contribution >= 0.6 is 0 Å². The Morgan fingerprint density at radius 3 is 1.06 bits per heavy atom. The van der Waals surface area contributed by atoms with E-state index < -0.39 is 12.1 Å². The van der Waals surface area contributed by atoms with E-state index in [2.05, 4.69) is 67.8 Å². The minimum absolute atomic E-state index is 0.0620. The largest absolute Gasteiger partial charge is 0.394 e. The highest BCUT2D eigenvalue weighted by Gasteiger charge is 2.18. The van der Waals surface area contributed by atoms with Gasteiger partial charge in [0.15, 0.2) is 0 Å². The fourth-order valence-corrected chi connectivity index (χ4v) is 8.35. The lowest BCUT2D eigenvalue weighted by atomic mass is 10.0. The Labute approximate surface area is 387 Å². The molecule has 0 rings (SSSR count). The molecule has 0 fully saturated rings. The molecular weight excluding hydrogens is 759 g/mol. The standard InChI is InChI=1S/C58H107NO3/c1-3-5-7-9-11-13-15-17-19-21-23-25-26-27-28-29-30-31-32-34-36-38-40-42-44-46-48-50-52-54-58(62)59-56(55-60)57(61)53-51-49-47-45-43-41-39-37-35-33-24-22-20-18-16-14-12-10-8-6-4-2/h5,7,11,13,17,19,23,25,51,53,56-57,60-61H,3-4,6,8-10,12,14-16,18,20-22,24,26-50,52,54-55H2,1-2H3,(H,59,62)/b7-5-,13-11-,19-17-,25-23-,53-51+. The summed E-state index contributed by atoms with van der Waals surface area (Å²) in [4.78, 5) is 12.5. The third-order valence-electron chi connectivity index (χ3n) is 12.5. The lowest BCUT2D eigenvalue weighted by Gasteiger charge is -2.20. The minimum atomic E-state index is -0.841. The molecule has 0 aliphatic carbocycles. The molecule has 62 heavy (non-hydrogen) atoms. The number of amides is 1. The van der Waals surface area contributed by atoms with Crippen LogP contribution in [-0.2, 0) is 4.79 Å². The van der Waals surface area contributed by atoms with Gasteiger partial charge in [0.05, 0.1) is 18.8 Å². The second-order valence-electron chi connectivity index (χ2n) is 18.6. The molecule has 1 amide bonds. The third-order valence-corrected chi connectivity index (χ3v) is 12.5. The Morgan fingerprint density at radius 2 is 0.710 bits per heavy atom. The van der Waals surface area contributed by atoms with Crippen molar-refractivity contribution in [2.24, 2.45) is 0 Å². The van der Waals surface area contributed by atoms with E-state index in [1.165, 1.54) is 212 Å². The van der Waals surface area contributed by atoms with E-state index in [-0.39, 0.29) is 12.5 Å². The zero-order valence-electron chi connectivity index (χ0n) is 41.6. The first-order valence-electron chi connectivity index (χ1n) is 27.5. The van der Waals surface area contributed by atoms with Gasteiger partial charge < -0.3 is 15.5 Å². The summed E-state index contributed by atoms with van der Waals surface area (Å²) in [6.45, 7) is 4.22. The average Bonchev–Trinajstić information content (AvgIpc) is 3.28. The molecule has 2 atom stereocenters. The monoisotopic (exact) mass is 866 g/mol. The van der Waals surface area contributed by atoms with Gasteiger partial charge in [-0.25, -0.2) is 0 Å². The molecule has 0 heterocycles. The number of carbonyl (C=O) groups is 1. The molecule has 0 saturated carbocycles. The molecule has 0 radical (unpaired) electrons. The maximum absolute atomic E-state index is 12.5. The number of hydrogen-bond donors (Lipinski definition) is 3. The van der Waals surface area contributed by atoms with Gasteiger partial charge in [-0.1, -0.05) is 280 Å². The summed E-state index contributed by atoms with van der Waals surface area (Å²) >= 11 is 0. The van der Waals surface area contributed by atoms with Crippen molar-refractivity contribution in [3.63, 3.8) is 0 Å². The van der Waals surface area contributed by atoms with Gasteiger partial charge in [-0.05, 0) is 57.8 Å². The molecule has 0 aromatic heterocycles. The van der Waals surface area contributed by atoms with Crippen LogP contribution in [0.1, 0.15) is 284 Å². The van der Waals surface area contributed by atoms with E-state index >= 15 is 0 Å². The molecule has 0 spiro atoms. The molecule has 0 aliphatic rings. The van der Waals surface area contributed by atoms with Crippen molar-refractivity contribution in [3.05, 3.63) is 60.8 Å². The number of unbranched alkanes of at least 4 members (excludes halogenated alkanes) is 35. The minimum Gasteiger partial charge on any atom is -0.394 e. The predicted octanol–water partition coefficient (Wildman–Crippen LogP) is 18.0. The van der Waals surface area contributed by atoms with E-state index in [0.29, 0.717) is 6.42 Å². The molecule has 0 aliphatic heterocycles. The molecule has 3 N–H and O–H groups in total. The highest BCUT2D eigenvalue weighted by molar-refractivity contribution is 5.76. The van der Waals surface area contributed by atoms with Crippen molar-refractivity contribution >= 4 is 5.91 Å². The molecule has 362 valence electrons. The number of carbonyl (C=O) groups excluding carboxylic acids is 1. The van der Waals surface area contributed by atoms with E-state index in [4.69, 9.17) is 0 Å². The molecule has 4 heteroatoms. The van der Waals surface area contributed by atoms with Crippen LogP contribution in [-0.4, -0.2) is 34.9 Å². The van der Waals surface area contributed by atoms with Crippen LogP contribution in [0.5, 0.6) is 0 Å². The summed E-state index contributed by atoms with van der Waals surface area (Å²) in [6.07, 6.45) is 75.2. The van der Waals surface area contributed by atoms with Crippen LogP contribution in [0, 0.1) is 0 Å². The maximum atomic E-state index is 12.5. The summed E-state index contributed by atoms with van der Waals surface area (Å²) in [5, 5.41) is 23.2. The van der Waals surface area contributed by atoms with Gasteiger partial charge in [0, 0.05) is 6.42 Å². The molecule has 2 unspecified atom stereocenters. The first-order valence-corrected chi connectivity index (χ1v) is 27.5. The predicted molar refractivity (Wildman–Crippen MR) is 276 cm³/mol. The number of aliphatic hydroxyl groups excluding tert-OH is 2. The molecule has 0 aromatic carbocycles. The Balaban J connectivity index is 3.49. The lowest BCUT2D eigenvalue weighted by molar-refractivity contribution is -0.123. The topological polar surface area (TPSA) is 69.6 Å². The normalized spacial score (nSPS) is 13.3. The first kappa shape index (κ1) is 60.1. The van der Waals surface area contributed by atoms with Crippen LogP contribution in [0.25, 0.3) is 0 Å². The zero-order valence-corrected chi connectivity index (χ0v) is 41.6. The molecule has 0 bridgehead atoms. The summed E-state index contributed by atoms with van der Waals surface area (Å²) in [6, 6.07) is -0.624. The highest BCUT2D eigenvalue weighted by Crippen LogP contribution is 2.17. The van der Waals surface area contributed by atoms with E-state index in [9.17, 15) is 15.0 Å². The third kappa shape index (κ3) is 49.1. The fourth-order valence-electron chi connectivity index (χ4n) is 8.35. The van der Waals surface area contributed by atoms with Gasteiger partial charge >= 0.3 is 0 Å². The number of rotatable bonds is 50. The Bertz CT molecular complexity index is 1030. The van der Waals surface area contributed by atoms with Crippen molar-refractivity contribution < 1.29 is 15.0 Å². The van der Waals surface area contributed by atoms with Crippen molar-refractivity contribution in [2.75, 3.05) is 6.61 Å². The molecular formula is C58H107NO3. The van der Waals surface area contributed by atoms with Crippen LogP contribution in [0.15, 0.2) is 60.8 Å². The van der Waals surface area contributed by atoms with Crippen LogP contribution < -0.4 is 5.32 Å².